The molecule has 4 aromatic rings. The first-order chi connectivity index (χ1) is 22.3. The van der Waals surface area contributed by atoms with Gasteiger partial charge in [0.05, 0.1) is 15.1 Å². The fraction of sp³-hybridized carbons (Fsp3) is 0.381. The molecule has 0 radical (unpaired) electrons. The van der Waals surface area contributed by atoms with Crippen LogP contribution in [0, 0.1) is 17.9 Å². The Morgan fingerprint density at radius 2 is 1.14 bits per heavy atom. The summed E-state index contributed by atoms with van der Waals surface area (Å²) in [5.74, 6) is 4.02. The largest absolute Gasteiger partial charge is 0.406 e. The summed E-state index contributed by atoms with van der Waals surface area (Å²) in [5, 5.41) is 0.920. The molecule has 0 bridgehead atoms. The topological polar surface area (TPSA) is 69.4 Å². The summed E-state index contributed by atoms with van der Waals surface area (Å²) in [7, 11) is -3.72. The van der Waals surface area contributed by atoms with Crippen molar-refractivity contribution in [1.82, 2.24) is 0 Å². The summed E-state index contributed by atoms with van der Waals surface area (Å²) in [4.78, 5) is 0. The van der Waals surface area contributed by atoms with E-state index in [1.807, 2.05) is 66.7 Å². The molecule has 0 aliphatic carbocycles. The minimum Gasteiger partial charge on any atom is -0.406 e. The number of rotatable bonds is 8. The van der Waals surface area contributed by atoms with Crippen molar-refractivity contribution >= 4 is 29.9 Å². The number of anilines is 1. The van der Waals surface area contributed by atoms with Crippen molar-refractivity contribution in [1.29, 1.82) is 0 Å². The number of benzene rings is 4. The van der Waals surface area contributed by atoms with E-state index in [4.69, 9.17) is 9.70 Å². The summed E-state index contributed by atoms with van der Waals surface area (Å²) >= 11 is 0. The molecule has 49 heavy (non-hydrogen) atoms. The zero-order valence-corrected chi connectivity index (χ0v) is 35.2. The zero-order chi connectivity index (χ0) is 36.6. The van der Waals surface area contributed by atoms with E-state index in [1.165, 1.54) is 34.1 Å². The number of para-hydroxylation sites is 1. The third-order valence-electron chi connectivity index (χ3n) is 6.59. The summed E-state index contributed by atoms with van der Waals surface area (Å²) in [6.07, 6.45) is 1.10. The van der Waals surface area contributed by atoms with Gasteiger partial charge in [-0.3, -0.25) is 0 Å². The molecule has 2 N–H and O–H groups in total. The van der Waals surface area contributed by atoms with Gasteiger partial charge in [-0.15, -0.1) is 35.9 Å². The van der Waals surface area contributed by atoms with Crippen LogP contribution in [0.25, 0.3) is 22.3 Å². The second kappa shape index (κ2) is 23.2. The van der Waals surface area contributed by atoms with Crippen LogP contribution in [0.4, 0.5) is 5.69 Å². The Bertz CT molecular complexity index is 1580. The third kappa shape index (κ3) is 18.0. The minimum atomic E-state index is -3.48. The third-order valence-corrected chi connectivity index (χ3v) is 8.79. The average Bonchev–Trinajstić information content (AvgIpc) is 2.99. The molecule has 4 nitrogen and oxygen atoms in total. The fourth-order valence-electron chi connectivity index (χ4n) is 4.48. The predicted octanol–water partition coefficient (Wildman–Crippen LogP) is 11.9. The average molecular weight is 795 g/mol. The molecule has 0 amide bonds. The van der Waals surface area contributed by atoms with Crippen LogP contribution in [0.3, 0.4) is 0 Å². The van der Waals surface area contributed by atoms with Crippen LogP contribution in [0.1, 0.15) is 118 Å². The Morgan fingerprint density at radius 3 is 1.55 bits per heavy atom. The molecule has 0 heterocycles. The van der Waals surface area contributed by atoms with Gasteiger partial charge < -0.3 is 17.6 Å². The molecule has 0 aromatic heterocycles. The van der Waals surface area contributed by atoms with Crippen molar-refractivity contribution in [2.75, 3.05) is 12.0 Å². The normalized spacial score (nSPS) is 11.1. The van der Waals surface area contributed by atoms with Gasteiger partial charge in [0, 0.05) is 25.7 Å². The Labute approximate surface area is 315 Å². The SMILES string of the molecule is CC(C)c1cc(C(C)C)c(-c2ccccc2POS(C)(=O)=O)c(C(C)C)c1.C[C-](C)C.C[C-](C)C.Nc1ccccc1-c1[c-]cccc1.[Pd]. The van der Waals surface area contributed by atoms with E-state index in [9.17, 15) is 8.42 Å². The molecule has 4 rings (SSSR count). The first-order valence-electron chi connectivity index (χ1n) is 16.6. The molecule has 1 unspecified atom stereocenters. The van der Waals surface area contributed by atoms with Crippen LogP contribution >= 0.6 is 8.81 Å². The number of nitrogen functional groups attached to an aromatic ring is 1. The molecule has 0 fully saturated rings. The van der Waals surface area contributed by atoms with Gasteiger partial charge in [-0.2, -0.15) is 50.0 Å². The summed E-state index contributed by atoms with van der Waals surface area (Å²) < 4.78 is 28.2. The maximum absolute atomic E-state index is 11.5. The number of nitrogens with two attached hydrogens (primary N) is 1. The van der Waals surface area contributed by atoms with Gasteiger partial charge in [0.15, 0.2) is 0 Å². The second-order valence-electron chi connectivity index (χ2n) is 13.8. The zero-order valence-electron chi connectivity index (χ0n) is 31.8. The maximum atomic E-state index is 11.5. The van der Waals surface area contributed by atoms with Crippen molar-refractivity contribution < 1.29 is 32.8 Å². The molecule has 0 aliphatic heterocycles. The Kier molecular flexibility index (Phi) is 22.1. The fourth-order valence-corrected chi connectivity index (χ4v) is 5.93. The quantitative estimate of drug-likeness (QED) is 0.0835. The number of hydrogen-bond donors (Lipinski definition) is 1. The predicted molar refractivity (Wildman–Crippen MR) is 214 cm³/mol. The molecular formula is C42H59NO3PPdS-3. The van der Waals surface area contributed by atoms with E-state index in [1.54, 1.807) is 0 Å². The first-order valence-corrected chi connectivity index (χ1v) is 19.3. The van der Waals surface area contributed by atoms with Crippen LogP contribution in [0.2, 0.25) is 0 Å². The van der Waals surface area contributed by atoms with E-state index in [0.29, 0.717) is 17.8 Å². The van der Waals surface area contributed by atoms with Gasteiger partial charge >= 0.3 is 0 Å². The van der Waals surface area contributed by atoms with Crippen molar-refractivity contribution in [2.24, 2.45) is 0 Å². The van der Waals surface area contributed by atoms with Crippen molar-refractivity contribution in [3.05, 3.63) is 120 Å². The van der Waals surface area contributed by atoms with Gasteiger partial charge in [-0.25, -0.2) is 3.97 Å². The second-order valence-corrected chi connectivity index (χ2v) is 16.7. The summed E-state index contributed by atoms with van der Waals surface area (Å²) in [5.41, 5.74) is 15.0. The Balaban J connectivity index is 0.000000862. The van der Waals surface area contributed by atoms with E-state index in [0.717, 1.165) is 33.9 Å². The molecule has 0 saturated heterocycles. The standard InChI is InChI=1S/C22H31O3PS.C12H10N.2C4H9.Pd/c1-14(2)17-12-19(15(3)4)22(20(13-17)16(5)6)18-10-8-9-11-21(18)26-25-27(7,23)24;13-12-9-5-4-8-11(12)10-6-2-1-3-7-10;2*1-4(2)3;/h8-16,26H,1-7H3;1-6,8-9H,13H2;2*1-3H3;/q;3*-1;. The van der Waals surface area contributed by atoms with Crippen LogP contribution in [-0.4, -0.2) is 14.7 Å². The molecule has 7 heteroatoms. The maximum Gasteiger partial charge on any atom is 0.267 e. The van der Waals surface area contributed by atoms with Gasteiger partial charge in [-0.05, 0) is 57.3 Å². The van der Waals surface area contributed by atoms with Crippen LogP contribution < -0.4 is 11.0 Å². The first kappa shape index (κ1) is 46.7. The van der Waals surface area contributed by atoms with E-state index < -0.39 is 10.1 Å². The van der Waals surface area contributed by atoms with E-state index in [-0.39, 0.29) is 29.2 Å². The van der Waals surface area contributed by atoms with Gasteiger partial charge in [0.25, 0.3) is 10.1 Å². The molecule has 0 aliphatic rings. The van der Waals surface area contributed by atoms with Crippen molar-refractivity contribution in [3.63, 3.8) is 0 Å². The Hall–Kier alpha value is -2.32. The number of hydrogen-bond acceptors (Lipinski definition) is 4. The summed E-state index contributed by atoms with van der Waals surface area (Å²) in [6, 6.07) is 31.4. The van der Waals surface area contributed by atoms with E-state index in [2.05, 4.69) is 107 Å². The molecule has 0 saturated carbocycles. The molecule has 1 atom stereocenters. The van der Waals surface area contributed by atoms with Gasteiger partial charge in [0.2, 0.25) is 0 Å². The van der Waals surface area contributed by atoms with Gasteiger partial charge in [0.1, 0.15) is 0 Å². The van der Waals surface area contributed by atoms with Crippen LogP contribution in [0.5, 0.6) is 0 Å². The smallest absolute Gasteiger partial charge is 0.267 e. The molecule has 4 aromatic carbocycles. The van der Waals surface area contributed by atoms with Crippen LogP contribution in [0.15, 0.2) is 84.9 Å². The Morgan fingerprint density at radius 1 is 0.694 bits per heavy atom. The molecular weight excluding hydrogens is 736 g/mol. The van der Waals surface area contributed by atoms with Gasteiger partial charge in [-0.1, -0.05) is 102 Å². The van der Waals surface area contributed by atoms with Crippen molar-refractivity contribution in [3.8, 4) is 22.3 Å². The van der Waals surface area contributed by atoms with Crippen LogP contribution in [-0.2, 0) is 34.5 Å². The monoisotopic (exact) mass is 794 g/mol. The summed E-state index contributed by atoms with van der Waals surface area (Å²) in [6.45, 7) is 25.8. The van der Waals surface area contributed by atoms with E-state index >= 15 is 0 Å². The van der Waals surface area contributed by atoms with Crippen molar-refractivity contribution in [2.45, 2.75) is 101 Å². The minimum absolute atomic E-state index is 0. The molecule has 274 valence electrons. The molecule has 0 spiro atoms.